The van der Waals surface area contributed by atoms with Crippen LogP contribution in [0.1, 0.15) is 19.0 Å². The van der Waals surface area contributed by atoms with Crippen LogP contribution < -0.4 is 10.3 Å². The van der Waals surface area contributed by atoms with Crippen LogP contribution in [0.3, 0.4) is 0 Å². The average molecular weight is 298 g/mol. The standard InChI is InChI=1S/C14H13F3N2O2/c1-2-4-10-8-12(20)19-13(18-10)9-5-3-6-11(7-9)21-14(15,16)17/h3,5-8H,2,4H2,1H3,(H,18,19,20). The molecule has 112 valence electrons. The fourth-order valence-corrected chi connectivity index (χ4v) is 1.87. The van der Waals surface area contributed by atoms with Gasteiger partial charge in [-0.2, -0.15) is 0 Å². The molecule has 0 bridgehead atoms. The van der Waals surface area contributed by atoms with E-state index >= 15 is 0 Å². The predicted molar refractivity (Wildman–Crippen MR) is 71.0 cm³/mol. The number of aromatic nitrogens is 2. The summed E-state index contributed by atoms with van der Waals surface area (Å²) in [7, 11) is 0. The van der Waals surface area contributed by atoms with Gasteiger partial charge in [0.1, 0.15) is 11.6 Å². The number of halogens is 3. The van der Waals surface area contributed by atoms with Gasteiger partial charge in [-0.3, -0.25) is 4.79 Å². The predicted octanol–water partition coefficient (Wildman–Crippen LogP) is 3.29. The fourth-order valence-electron chi connectivity index (χ4n) is 1.87. The Kier molecular flexibility index (Phi) is 4.30. The summed E-state index contributed by atoms with van der Waals surface area (Å²) in [4.78, 5) is 18.3. The lowest BCUT2D eigenvalue weighted by Crippen LogP contribution is -2.17. The highest BCUT2D eigenvalue weighted by atomic mass is 19.4. The SMILES string of the molecule is CCCc1cc(=O)[nH]c(-c2cccc(OC(F)(F)F)c2)n1. The molecule has 0 unspecified atom stereocenters. The van der Waals surface area contributed by atoms with Crippen molar-refractivity contribution in [3.05, 3.63) is 46.4 Å². The molecule has 1 aromatic heterocycles. The maximum Gasteiger partial charge on any atom is 0.573 e. The number of rotatable bonds is 4. The van der Waals surface area contributed by atoms with Crippen molar-refractivity contribution >= 4 is 0 Å². The molecule has 0 fully saturated rings. The topological polar surface area (TPSA) is 55.0 Å². The van der Waals surface area contributed by atoms with Crippen molar-refractivity contribution in [2.24, 2.45) is 0 Å². The zero-order valence-corrected chi connectivity index (χ0v) is 11.2. The van der Waals surface area contributed by atoms with Gasteiger partial charge in [-0.15, -0.1) is 13.2 Å². The highest BCUT2D eigenvalue weighted by Gasteiger charge is 2.31. The summed E-state index contributed by atoms with van der Waals surface area (Å²) in [6, 6.07) is 6.70. The third kappa shape index (κ3) is 4.34. The van der Waals surface area contributed by atoms with Crippen molar-refractivity contribution in [1.82, 2.24) is 9.97 Å². The van der Waals surface area contributed by atoms with E-state index in [4.69, 9.17) is 0 Å². The highest BCUT2D eigenvalue weighted by molar-refractivity contribution is 5.57. The van der Waals surface area contributed by atoms with Crippen LogP contribution in [0, 0.1) is 0 Å². The van der Waals surface area contributed by atoms with E-state index in [1.807, 2.05) is 6.92 Å². The van der Waals surface area contributed by atoms with Gasteiger partial charge in [-0.1, -0.05) is 25.5 Å². The van der Waals surface area contributed by atoms with E-state index in [-0.39, 0.29) is 17.1 Å². The highest BCUT2D eigenvalue weighted by Crippen LogP contribution is 2.26. The Balaban J connectivity index is 2.38. The molecule has 0 amide bonds. The number of nitrogens with zero attached hydrogens (tertiary/aromatic N) is 1. The van der Waals surface area contributed by atoms with Gasteiger partial charge in [0, 0.05) is 17.3 Å². The van der Waals surface area contributed by atoms with E-state index in [1.165, 1.54) is 24.3 Å². The lowest BCUT2D eigenvalue weighted by molar-refractivity contribution is -0.274. The summed E-state index contributed by atoms with van der Waals surface area (Å²) in [6.45, 7) is 1.94. The second-order valence-electron chi connectivity index (χ2n) is 4.41. The van der Waals surface area contributed by atoms with Gasteiger partial charge in [0.25, 0.3) is 5.56 Å². The summed E-state index contributed by atoms with van der Waals surface area (Å²) < 4.78 is 40.5. The molecule has 0 radical (unpaired) electrons. The average Bonchev–Trinajstić information content (AvgIpc) is 2.36. The van der Waals surface area contributed by atoms with Crippen molar-refractivity contribution in [3.8, 4) is 17.1 Å². The van der Waals surface area contributed by atoms with Crippen LogP contribution in [0.25, 0.3) is 11.4 Å². The minimum atomic E-state index is -4.76. The monoisotopic (exact) mass is 298 g/mol. The molecule has 1 aromatic carbocycles. The van der Waals surface area contributed by atoms with Crippen molar-refractivity contribution in [2.45, 2.75) is 26.1 Å². The molecule has 4 nitrogen and oxygen atoms in total. The van der Waals surface area contributed by atoms with Gasteiger partial charge in [-0.05, 0) is 18.6 Å². The van der Waals surface area contributed by atoms with Gasteiger partial charge in [0.2, 0.25) is 0 Å². The Morgan fingerprint density at radius 3 is 2.71 bits per heavy atom. The minimum absolute atomic E-state index is 0.221. The molecular weight excluding hydrogens is 285 g/mol. The summed E-state index contributed by atoms with van der Waals surface area (Å²) in [5.74, 6) is -0.137. The van der Waals surface area contributed by atoms with Crippen LogP contribution in [0.2, 0.25) is 0 Å². The zero-order chi connectivity index (χ0) is 15.5. The quantitative estimate of drug-likeness (QED) is 0.942. The normalized spacial score (nSPS) is 11.4. The second-order valence-corrected chi connectivity index (χ2v) is 4.41. The zero-order valence-electron chi connectivity index (χ0n) is 11.2. The molecule has 0 aliphatic heterocycles. The van der Waals surface area contributed by atoms with Crippen LogP contribution in [-0.4, -0.2) is 16.3 Å². The molecule has 0 aliphatic rings. The third-order valence-corrected chi connectivity index (χ3v) is 2.64. The first-order valence-electron chi connectivity index (χ1n) is 6.34. The van der Waals surface area contributed by atoms with E-state index in [0.29, 0.717) is 17.7 Å². The summed E-state index contributed by atoms with van der Waals surface area (Å²) in [5.41, 5.74) is 0.607. The summed E-state index contributed by atoms with van der Waals surface area (Å²) in [5, 5.41) is 0. The Morgan fingerprint density at radius 2 is 2.05 bits per heavy atom. The van der Waals surface area contributed by atoms with E-state index in [1.54, 1.807) is 6.07 Å². The lowest BCUT2D eigenvalue weighted by Gasteiger charge is -2.10. The molecule has 0 saturated heterocycles. The molecule has 2 rings (SSSR count). The molecule has 0 saturated carbocycles. The lowest BCUT2D eigenvalue weighted by atomic mass is 10.2. The number of aromatic amines is 1. The number of nitrogens with one attached hydrogen (secondary N) is 1. The fraction of sp³-hybridized carbons (Fsp3) is 0.286. The van der Waals surface area contributed by atoms with Gasteiger partial charge < -0.3 is 9.72 Å². The van der Waals surface area contributed by atoms with Gasteiger partial charge in [0.05, 0.1) is 0 Å². The molecule has 7 heteroatoms. The molecule has 2 aromatic rings. The smallest absolute Gasteiger partial charge is 0.406 e. The summed E-state index contributed by atoms with van der Waals surface area (Å²) >= 11 is 0. The number of H-pyrrole nitrogens is 1. The largest absolute Gasteiger partial charge is 0.573 e. The van der Waals surface area contributed by atoms with Gasteiger partial charge >= 0.3 is 6.36 Å². The third-order valence-electron chi connectivity index (χ3n) is 2.64. The van der Waals surface area contributed by atoms with Crippen molar-refractivity contribution < 1.29 is 17.9 Å². The number of hydrogen-bond acceptors (Lipinski definition) is 3. The molecule has 1 heterocycles. The van der Waals surface area contributed by atoms with E-state index < -0.39 is 6.36 Å². The Bertz CT molecular complexity index is 680. The van der Waals surface area contributed by atoms with E-state index in [9.17, 15) is 18.0 Å². The molecule has 0 aliphatic carbocycles. The van der Waals surface area contributed by atoms with E-state index in [0.717, 1.165) is 6.42 Å². The first kappa shape index (κ1) is 15.1. The minimum Gasteiger partial charge on any atom is -0.406 e. The first-order chi connectivity index (χ1) is 9.87. The maximum atomic E-state index is 12.2. The summed E-state index contributed by atoms with van der Waals surface area (Å²) in [6.07, 6.45) is -3.33. The number of ether oxygens (including phenoxy) is 1. The molecule has 0 spiro atoms. The van der Waals surface area contributed by atoms with Crippen LogP contribution in [0.5, 0.6) is 5.75 Å². The van der Waals surface area contributed by atoms with Crippen molar-refractivity contribution in [1.29, 1.82) is 0 Å². The van der Waals surface area contributed by atoms with E-state index in [2.05, 4.69) is 14.7 Å². The molecule has 21 heavy (non-hydrogen) atoms. The Labute approximate surface area is 118 Å². The van der Waals surface area contributed by atoms with Crippen LogP contribution >= 0.6 is 0 Å². The van der Waals surface area contributed by atoms with Gasteiger partial charge in [0.15, 0.2) is 0 Å². The number of aryl methyl sites for hydroxylation is 1. The van der Waals surface area contributed by atoms with Crippen molar-refractivity contribution in [3.63, 3.8) is 0 Å². The number of hydrogen-bond donors (Lipinski definition) is 1. The van der Waals surface area contributed by atoms with Gasteiger partial charge in [-0.25, -0.2) is 4.98 Å². The Hall–Kier alpha value is -2.31. The molecule has 0 atom stereocenters. The number of alkyl halides is 3. The number of benzene rings is 1. The van der Waals surface area contributed by atoms with Crippen molar-refractivity contribution in [2.75, 3.05) is 0 Å². The molecule has 1 N–H and O–H groups in total. The van der Waals surface area contributed by atoms with Crippen LogP contribution in [0.4, 0.5) is 13.2 Å². The Morgan fingerprint density at radius 1 is 1.29 bits per heavy atom. The molecular formula is C14H13F3N2O2. The van der Waals surface area contributed by atoms with Crippen LogP contribution in [-0.2, 0) is 6.42 Å². The first-order valence-corrected chi connectivity index (χ1v) is 6.34. The van der Waals surface area contributed by atoms with Crippen LogP contribution in [0.15, 0.2) is 35.1 Å². The maximum absolute atomic E-state index is 12.2. The second kappa shape index (κ2) is 5.99.